The molecule has 5 nitrogen and oxygen atoms in total. The molecule has 0 bridgehead atoms. The van der Waals surface area contributed by atoms with Crippen LogP contribution in [-0.2, 0) is 6.61 Å². The van der Waals surface area contributed by atoms with E-state index in [2.05, 4.69) is 5.32 Å². The highest BCUT2D eigenvalue weighted by Gasteiger charge is 2.09. The third-order valence-corrected chi connectivity index (χ3v) is 4.55. The number of amides is 1. The van der Waals surface area contributed by atoms with Gasteiger partial charge in [0, 0.05) is 11.3 Å². The zero-order chi connectivity index (χ0) is 20.1. The van der Waals surface area contributed by atoms with Gasteiger partial charge in [0.05, 0.1) is 5.56 Å². The monoisotopic (exact) mass is 375 g/mol. The van der Waals surface area contributed by atoms with Gasteiger partial charge in [-0.3, -0.25) is 4.79 Å². The summed E-state index contributed by atoms with van der Waals surface area (Å²) in [4.78, 5) is 23.5. The molecule has 0 aliphatic carbocycles. The Kier molecular flexibility index (Phi) is 5.75. The first-order valence-corrected chi connectivity index (χ1v) is 8.86. The standard InChI is InChI=1S/C23H21NO4/c1-15-5-3-8-21(16(15)2)24-22(25)18-9-11-20(12-10-18)28-14-17-6-4-7-19(13-17)23(26)27/h3-13H,14H2,1-2H3,(H,24,25)(H,26,27). The number of carbonyl (C=O) groups is 2. The molecule has 5 heteroatoms. The summed E-state index contributed by atoms with van der Waals surface area (Å²) in [5, 5.41) is 12.0. The lowest BCUT2D eigenvalue weighted by molar-refractivity contribution is 0.0696. The number of benzene rings is 3. The van der Waals surface area contributed by atoms with E-state index in [9.17, 15) is 9.59 Å². The average molecular weight is 375 g/mol. The minimum Gasteiger partial charge on any atom is -0.489 e. The number of anilines is 1. The fourth-order valence-corrected chi connectivity index (χ4v) is 2.74. The SMILES string of the molecule is Cc1cccc(NC(=O)c2ccc(OCc3cccc(C(=O)O)c3)cc2)c1C. The van der Waals surface area contributed by atoms with E-state index in [0.717, 1.165) is 22.4 Å². The van der Waals surface area contributed by atoms with Crippen molar-refractivity contribution in [2.24, 2.45) is 0 Å². The van der Waals surface area contributed by atoms with E-state index in [0.29, 0.717) is 11.3 Å². The third kappa shape index (κ3) is 4.57. The number of hydrogen-bond donors (Lipinski definition) is 2. The molecule has 3 rings (SSSR count). The third-order valence-electron chi connectivity index (χ3n) is 4.55. The van der Waals surface area contributed by atoms with E-state index in [-0.39, 0.29) is 18.1 Å². The topological polar surface area (TPSA) is 75.6 Å². The summed E-state index contributed by atoms with van der Waals surface area (Å²) in [5.74, 6) is -0.556. The summed E-state index contributed by atoms with van der Waals surface area (Å²) < 4.78 is 5.69. The number of aryl methyl sites for hydroxylation is 1. The van der Waals surface area contributed by atoms with Gasteiger partial charge in [-0.15, -0.1) is 0 Å². The maximum absolute atomic E-state index is 12.5. The van der Waals surface area contributed by atoms with Crippen molar-refractivity contribution in [1.82, 2.24) is 0 Å². The molecule has 2 N–H and O–H groups in total. The minimum atomic E-state index is -0.971. The van der Waals surface area contributed by atoms with Gasteiger partial charge in [0.15, 0.2) is 0 Å². The Bertz CT molecular complexity index is 1010. The van der Waals surface area contributed by atoms with Crippen molar-refractivity contribution in [3.63, 3.8) is 0 Å². The van der Waals surface area contributed by atoms with Crippen LogP contribution in [0.15, 0.2) is 66.7 Å². The van der Waals surface area contributed by atoms with Crippen LogP contribution in [0.1, 0.15) is 37.4 Å². The number of carboxylic acid groups (broad SMARTS) is 1. The Morgan fingerprint density at radius 2 is 1.64 bits per heavy atom. The number of carbonyl (C=O) groups excluding carboxylic acids is 1. The maximum Gasteiger partial charge on any atom is 0.335 e. The Morgan fingerprint density at radius 3 is 2.36 bits per heavy atom. The Labute approximate surface area is 163 Å². The normalized spacial score (nSPS) is 10.4. The van der Waals surface area contributed by atoms with Crippen LogP contribution in [0, 0.1) is 13.8 Å². The van der Waals surface area contributed by atoms with Crippen molar-refractivity contribution in [2.45, 2.75) is 20.5 Å². The van der Waals surface area contributed by atoms with Crippen molar-refractivity contribution in [1.29, 1.82) is 0 Å². The van der Waals surface area contributed by atoms with Gasteiger partial charge in [-0.05, 0) is 73.0 Å². The number of carboxylic acids is 1. The largest absolute Gasteiger partial charge is 0.489 e. The van der Waals surface area contributed by atoms with Gasteiger partial charge in [-0.1, -0.05) is 24.3 Å². The molecule has 0 radical (unpaired) electrons. The maximum atomic E-state index is 12.5. The lowest BCUT2D eigenvalue weighted by Gasteiger charge is -2.11. The van der Waals surface area contributed by atoms with E-state index in [4.69, 9.17) is 9.84 Å². The molecule has 0 heterocycles. The van der Waals surface area contributed by atoms with Gasteiger partial charge < -0.3 is 15.2 Å². The summed E-state index contributed by atoms with van der Waals surface area (Å²) in [6, 6.07) is 19.2. The van der Waals surface area contributed by atoms with Crippen molar-refractivity contribution < 1.29 is 19.4 Å². The number of nitrogens with one attached hydrogen (secondary N) is 1. The Morgan fingerprint density at radius 1 is 0.929 bits per heavy atom. The molecule has 0 atom stereocenters. The van der Waals surface area contributed by atoms with E-state index >= 15 is 0 Å². The molecule has 3 aromatic rings. The number of rotatable bonds is 6. The molecule has 28 heavy (non-hydrogen) atoms. The molecule has 0 aliphatic heterocycles. The molecule has 0 saturated carbocycles. The van der Waals surface area contributed by atoms with Crippen LogP contribution in [0.4, 0.5) is 5.69 Å². The second-order valence-corrected chi connectivity index (χ2v) is 6.52. The van der Waals surface area contributed by atoms with E-state index in [1.807, 2.05) is 32.0 Å². The van der Waals surface area contributed by atoms with Gasteiger partial charge >= 0.3 is 5.97 Å². The fraction of sp³-hybridized carbons (Fsp3) is 0.130. The molecule has 0 aromatic heterocycles. The molecule has 3 aromatic carbocycles. The first kappa shape index (κ1) is 19.2. The van der Waals surface area contributed by atoms with Crippen LogP contribution >= 0.6 is 0 Å². The van der Waals surface area contributed by atoms with Crippen molar-refractivity contribution in [3.8, 4) is 5.75 Å². The van der Waals surface area contributed by atoms with Crippen molar-refractivity contribution in [3.05, 3.63) is 94.5 Å². The minimum absolute atomic E-state index is 0.186. The number of hydrogen-bond acceptors (Lipinski definition) is 3. The van der Waals surface area contributed by atoms with E-state index < -0.39 is 5.97 Å². The molecule has 0 saturated heterocycles. The van der Waals surface area contributed by atoms with Gasteiger partial charge in [-0.25, -0.2) is 4.79 Å². The summed E-state index contributed by atoms with van der Waals surface area (Å²) in [5.41, 5.74) is 4.47. The van der Waals surface area contributed by atoms with Crippen LogP contribution in [0.25, 0.3) is 0 Å². The highest BCUT2D eigenvalue weighted by molar-refractivity contribution is 6.04. The van der Waals surface area contributed by atoms with Crippen molar-refractivity contribution in [2.75, 3.05) is 5.32 Å². The van der Waals surface area contributed by atoms with Crippen LogP contribution < -0.4 is 10.1 Å². The Hall–Kier alpha value is -3.60. The molecular formula is C23H21NO4. The van der Waals surface area contributed by atoms with Crippen LogP contribution in [0.5, 0.6) is 5.75 Å². The zero-order valence-electron chi connectivity index (χ0n) is 15.7. The smallest absolute Gasteiger partial charge is 0.335 e. The first-order chi connectivity index (χ1) is 13.4. The van der Waals surface area contributed by atoms with Gasteiger partial charge in [0.2, 0.25) is 0 Å². The van der Waals surface area contributed by atoms with Gasteiger partial charge in [-0.2, -0.15) is 0 Å². The van der Waals surface area contributed by atoms with Crippen LogP contribution in [0.2, 0.25) is 0 Å². The lowest BCUT2D eigenvalue weighted by Crippen LogP contribution is -2.13. The molecule has 0 fully saturated rings. The second kappa shape index (κ2) is 8.39. The Balaban J connectivity index is 1.63. The zero-order valence-corrected chi connectivity index (χ0v) is 15.7. The molecule has 0 unspecified atom stereocenters. The lowest BCUT2D eigenvalue weighted by atomic mass is 10.1. The summed E-state index contributed by atoms with van der Waals surface area (Å²) >= 11 is 0. The molecule has 0 spiro atoms. The first-order valence-electron chi connectivity index (χ1n) is 8.86. The fourth-order valence-electron chi connectivity index (χ4n) is 2.74. The predicted molar refractivity (Wildman–Crippen MR) is 108 cm³/mol. The summed E-state index contributed by atoms with van der Waals surface area (Å²) in [6.07, 6.45) is 0. The molecular weight excluding hydrogens is 354 g/mol. The second-order valence-electron chi connectivity index (χ2n) is 6.52. The summed E-state index contributed by atoms with van der Waals surface area (Å²) in [6.45, 7) is 4.22. The van der Waals surface area contributed by atoms with Gasteiger partial charge in [0.1, 0.15) is 12.4 Å². The average Bonchev–Trinajstić information content (AvgIpc) is 2.70. The van der Waals surface area contributed by atoms with E-state index in [1.54, 1.807) is 42.5 Å². The van der Waals surface area contributed by atoms with Crippen LogP contribution in [0.3, 0.4) is 0 Å². The highest BCUT2D eigenvalue weighted by Crippen LogP contribution is 2.20. The number of aromatic carboxylic acids is 1. The van der Waals surface area contributed by atoms with Crippen LogP contribution in [-0.4, -0.2) is 17.0 Å². The van der Waals surface area contributed by atoms with Gasteiger partial charge in [0.25, 0.3) is 5.91 Å². The summed E-state index contributed by atoms with van der Waals surface area (Å²) in [7, 11) is 0. The van der Waals surface area contributed by atoms with Crippen molar-refractivity contribution >= 4 is 17.6 Å². The predicted octanol–water partition coefficient (Wildman–Crippen LogP) is 4.83. The quantitative estimate of drug-likeness (QED) is 0.647. The highest BCUT2D eigenvalue weighted by atomic mass is 16.5. The molecule has 0 aliphatic rings. The molecule has 1 amide bonds. The number of ether oxygens (including phenoxy) is 1. The molecule has 142 valence electrons. The van der Waals surface area contributed by atoms with E-state index in [1.165, 1.54) is 6.07 Å².